The lowest BCUT2D eigenvalue weighted by molar-refractivity contribution is -0.125. The maximum absolute atomic E-state index is 13.2. The van der Waals surface area contributed by atoms with E-state index in [2.05, 4.69) is 22.9 Å². The quantitative estimate of drug-likeness (QED) is 0.806. The van der Waals surface area contributed by atoms with Gasteiger partial charge in [0.2, 0.25) is 0 Å². The Labute approximate surface area is 150 Å². The SMILES string of the molecule is N#Cc1cccc(C2(C(=O)N[C@@H]3C[C@@H]4CC[C@H]3N4C#N)NC=CS2)c1. The minimum absolute atomic E-state index is 0.00933. The molecular weight excluding hydrogens is 334 g/mol. The number of nitrogens with zero attached hydrogens (tertiary/aromatic N) is 3. The molecule has 4 rings (SSSR count). The van der Waals surface area contributed by atoms with Crippen LogP contribution >= 0.6 is 11.8 Å². The zero-order valence-electron chi connectivity index (χ0n) is 13.5. The van der Waals surface area contributed by atoms with Crippen LogP contribution in [0.4, 0.5) is 0 Å². The lowest BCUT2D eigenvalue weighted by Crippen LogP contribution is -2.54. The minimum atomic E-state index is -0.966. The van der Waals surface area contributed by atoms with Crippen molar-refractivity contribution in [3.63, 3.8) is 0 Å². The first-order valence-electron chi connectivity index (χ1n) is 8.28. The average Bonchev–Trinajstić information content (AvgIpc) is 3.36. The van der Waals surface area contributed by atoms with E-state index in [-0.39, 0.29) is 24.0 Å². The van der Waals surface area contributed by atoms with E-state index in [1.54, 1.807) is 24.4 Å². The van der Waals surface area contributed by atoms with Crippen molar-refractivity contribution in [2.24, 2.45) is 0 Å². The van der Waals surface area contributed by atoms with Crippen molar-refractivity contribution < 1.29 is 4.79 Å². The minimum Gasteiger partial charge on any atom is -0.365 e. The van der Waals surface area contributed by atoms with Gasteiger partial charge in [0.05, 0.1) is 23.7 Å². The van der Waals surface area contributed by atoms with Gasteiger partial charge in [-0.3, -0.25) is 4.79 Å². The van der Waals surface area contributed by atoms with E-state index >= 15 is 0 Å². The van der Waals surface area contributed by atoms with Crippen LogP contribution in [-0.4, -0.2) is 28.9 Å². The smallest absolute Gasteiger partial charge is 0.261 e. The first kappa shape index (κ1) is 15.9. The third kappa shape index (κ3) is 2.43. The van der Waals surface area contributed by atoms with Crippen molar-refractivity contribution in [1.82, 2.24) is 15.5 Å². The molecule has 7 heteroatoms. The normalized spacial score (nSPS) is 32.1. The Morgan fingerprint density at radius 1 is 1.40 bits per heavy atom. The molecule has 1 unspecified atom stereocenters. The van der Waals surface area contributed by atoms with E-state index in [4.69, 9.17) is 5.26 Å². The van der Waals surface area contributed by atoms with E-state index in [1.807, 2.05) is 16.4 Å². The van der Waals surface area contributed by atoms with Gasteiger partial charge in [0.15, 0.2) is 11.1 Å². The molecule has 25 heavy (non-hydrogen) atoms. The summed E-state index contributed by atoms with van der Waals surface area (Å²) >= 11 is 1.39. The molecular formula is C18H17N5OS. The van der Waals surface area contributed by atoms with E-state index in [0.29, 0.717) is 5.56 Å². The van der Waals surface area contributed by atoms with Crippen molar-refractivity contribution >= 4 is 17.7 Å². The van der Waals surface area contributed by atoms with E-state index < -0.39 is 4.87 Å². The fourth-order valence-electron chi connectivity index (χ4n) is 4.10. The fraction of sp³-hybridized carbons (Fsp3) is 0.389. The lowest BCUT2D eigenvalue weighted by Gasteiger charge is -2.31. The number of benzene rings is 1. The van der Waals surface area contributed by atoms with Gasteiger partial charge in [0.25, 0.3) is 5.91 Å². The largest absolute Gasteiger partial charge is 0.365 e. The van der Waals surface area contributed by atoms with Crippen LogP contribution in [0.2, 0.25) is 0 Å². The van der Waals surface area contributed by atoms with Crippen molar-refractivity contribution in [3.8, 4) is 12.3 Å². The Kier molecular flexibility index (Phi) is 3.82. The van der Waals surface area contributed by atoms with Gasteiger partial charge < -0.3 is 15.5 Å². The predicted octanol–water partition coefficient (Wildman–Crippen LogP) is 1.72. The molecule has 2 bridgehead atoms. The number of thioether (sulfide) groups is 1. The highest BCUT2D eigenvalue weighted by Crippen LogP contribution is 2.41. The number of carbonyl (C=O) groups is 1. The maximum Gasteiger partial charge on any atom is 0.261 e. The van der Waals surface area contributed by atoms with Crippen LogP contribution in [0.25, 0.3) is 0 Å². The van der Waals surface area contributed by atoms with Gasteiger partial charge in [-0.05, 0) is 42.4 Å². The van der Waals surface area contributed by atoms with Crippen LogP contribution in [0.15, 0.2) is 35.9 Å². The molecule has 0 aromatic heterocycles. The molecule has 3 heterocycles. The number of nitrogens with one attached hydrogen (secondary N) is 2. The second-order valence-electron chi connectivity index (χ2n) is 6.56. The van der Waals surface area contributed by atoms with Crippen molar-refractivity contribution in [1.29, 1.82) is 10.5 Å². The van der Waals surface area contributed by atoms with Crippen LogP contribution in [0, 0.1) is 22.8 Å². The number of hydrogen-bond donors (Lipinski definition) is 2. The summed E-state index contributed by atoms with van der Waals surface area (Å²) in [6.45, 7) is 0. The molecule has 3 aliphatic rings. The molecule has 2 fully saturated rings. The summed E-state index contributed by atoms with van der Waals surface area (Å²) in [5, 5.41) is 26.6. The van der Waals surface area contributed by atoms with Crippen molar-refractivity contribution in [2.45, 2.75) is 42.3 Å². The Hall–Kier alpha value is -2.64. The number of nitriles is 2. The third-order valence-electron chi connectivity index (χ3n) is 5.29. The Morgan fingerprint density at radius 3 is 2.96 bits per heavy atom. The summed E-state index contributed by atoms with van der Waals surface area (Å²) in [6, 6.07) is 9.58. The molecule has 2 N–H and O–H groups in total. The van der Waals surface area contributed by atoms with Crippen LogP contribution in [0.1, 0.15) is 30.4 Å². The predicted molar refractivity (Wildman–Crippen MR) is 93.5 cm³/mol. The monoisotopic (exact) mass is 351 g/mol. The van der Waals surface area contributed by atoms with Gasteiger partial charge in [-0.15, -0.1) is 0 Å². The van der Waals surface area contributed by atoms with Gasteiger partial charge in [-0.2, -0.15) is 10.5 Å². The number of carbonyl (C=O) groups excluding carboxylic acids is 1. The Bertz CT molecular complexity index is 815. The first-order valence-corrected chi connectivity index (χ1v) is 9.16. The Balaban J connectivity index is 1.59. The Morgan fingerprint density at radius 2 is 2.28 bits per heavy atom. The molecule has 0 aliphatic carbocycles. The van der Waals surface area contributed by atoms with Crippen LogP contribution in [0.5, 0.6) is 0 Å². The number of hydrogen-bond acceptors (Lipinski definition) is 6. The lowest BCUT2D eigenvalue weighted by atomic mass is 9.94. The topological polar surface area (TPSA) is 92.0 Å². The molecule has 0 saturated carbocycles. The highest BCUT2D eigenvalue weighted by molar-refractivity contribution is 8.03. The number of rotatable bonds is 3. The molecule has 6 nitrogen and oxygen atoms in total. The molecule has 4 atom stereocenters. The highest BCUT2D eigenvalue weighted by Gasteiger charge is 2.49. The summed E-state index contributed by atoms with van der Waals surface area (Å²) in [7, 11) is 0. The van der Waals surface area contributed by atoms with E-state index in [1.165, 1.54) is 11.8 Å². The summed E-state index contributed by atoms with van der Waals surface area (Å²) in [6.07, 6.45) is 6.80. The molecule has 1 aromatic rings. The number of fused-ring (bicyclic) bond motifs is 2. The summed E-state index contributed by atoms with van der Waals surface area (Å²) in [5.41, 5.74) is 1.27. The van der Waals surface area contributed by atoms with Gasteiger partial charge in [0.1, 0.15) is 0 Å². The van der Waals surface area contributed by atoms with Crippen LogP contribution < -0.4 is 10.6 Å². The molecule has 0 radical (unpaired) electrons. The molecule has 2 saturated heterocycles. The summed E-state index contributed by atoms with van der Waals surface area (Å²) in [4.78, 5) is 14.0. The fourth-order valence-corrected chi connectivity index (χ4v) is 5.01. The van der Waals surface area contributed by atoms with E-state index in [9.17, 15) is 10.1 Å². The molecule has 1 amide bonds. The molecule has 0 spiro atoms. The second-order valence-corrected chi connectivity index (χ2v) is 7.68. The molecule has 126 valence electrons. The third-order valence-corrected chi connectivity index (χ3v) is 6.45. The van der Waals surface area contributed by atoms with Crippen molar-refractivity contribution in [2.75, 3.05) is 0 Å². The second kappa shape index (κ2) is 6.02. The van der Waals surface area contributed by atoms with Gasteiger partial charge >= 0.3 is 0 Å². The van der Waals surface area contributed by atoms with Gasteiger partial charge in [-0.25, -0.2) is 0 Å². The molecule has 3 aliphatic heterocycles. The summed E-state index contributed by atoms with van der Waals surface area (Å²) in [5.74, 6) is -0.131. The summed E-state index contributed by atoms with van der Waals surface area (Å²) < 4.78 is 0. The van der Waals surface area contributed by atoms with Gasteiger partial charge in [-0.1, -0.05) is 23.9 Å². The number of amides is 1. The average molecular weight is 351 g/mol. The van der Waals surface area contributed by atoms with E-state index in [0.717, 1.165) is 24.8 Å². The standard InChI is InChI=1S/C18H17N5OS/c19-10-12-2-1-3-13(8-12)18(21-6-7-25-18)17(24)22-15-9-14-4-5-16(15)23(14)11-20/h1-3,6-8,14-16,21H,4-5,9H2,(H,22,24)/t14-,15+,16+,18?/m0/s1. The van der Waals surface area contributed by atoms with Crippen molar-refractivity contribution in [3.05, 3.63) is 47.0 Å². The van der Waals surface area contributed by atoms with Gasteiger partial charge in [0, 0.05) is 12.2 Å². The van der Waals surface area contributed by atoms with Crippen LogP contribution in [0.3, 0.4) is 0 Å². The first-order chi connectivity index (χ1) is 12.2. The van der Waals surface area contributed by atoms with Crippen LogP contribution in [-0.2, 0) is 9.67 Å². The zero-order chi connectivity index (χ0) is 17.4. The highest BCUT2D eigenvalue weighted by atomic mass is 32.2. The maximum atomic E-state index is 13.2. The zero-order valence-corrected chi connectivity index (χ0v) is 14.3. The molecule has 1 aromatic carbocycles.